The number of rotatable bonds is 5. The Morgan fingerprint density at radius 2 is 2.08 bits per heavy atom. The molecule has 0 aromatic carbocycles. The summed E-state index contributed by atoms with van der Waals surface area (Å²) in [6.45, 7) is 9.52. The van der Waals surface area contributed by atoms with Gasteiger partial charge in [-0.3, -0.25) is 0 Å². The van der Waals surface area contributed by atoms with E-state index in [2.05, 4.69) is 33.8 Å². The minimum atomic E-state index is -0.377. The zero-order valence-electron chi connectivity index (χ0n) is 16.0. The molecule has 0 aromatic rings. The number of aliphatic hydroxyl groups is 1. The standard InChI is InChI=1S/C21H34O3/c1-15-7-10-18-20(2,3)11-6-12-21(18,4)17(15)9-8-16(14-22)13-19(23)24-5/h7,13,17-18,22H,6,8-12,14H2,1-5H3/b16-13+/t17-,18-,21+/m1/s1. The first-order valence-electron chi connectivity index (χ1n) is 9.29. The van der Waals surface area contributed by atoms with Crippen LogP contribution in [0.3, 0.4) is 0 Å². The van der Waals surface area contributed by atoms with Crippen molar-refractivity contribution < 1.29 is 14.6 Å². The molecule has 0 spiro atoms. The van der Waals surface area contributed by atoms with Crippen LogP contribution in [-0.4, -0.2) is 24.8 Å². The van der Waals surface area contributed by atoms with Gasteiger partial charge in [0.2, 0.25) is 0 Å². The lowest BCUT2D eigenvalue weighted by molar-refractivity contribution is -0.134. The summed E-state index contributed by atoms with van der Waals surface area (Å²) in [5.41, 5.74) is 2.98. The van der Waals surface area contributed by atoms with Crippen LogP contribution in [0.15, 0.2) is 23.3 Å². The van der Waals surface area contributed by atoms with Crippen LogP contribution in [0.4, 0.5) is 0 Å². The normalized spacial score (nSPS) is 32.8. The summed E-state index contributed by atoms with van der Waals surface area (Å²) in [7, 11) is 1.37. The van der Waals surface area contributed by atoms with Crippen molar-refractivity contribution in [3.05, 3.63) is 23.3 Å². The third kappa shape index (κ3) is 3.77. The highest BCUT2D eigenvalue weighted by Crippen LogP contribution is 2.60. The Balaban J connectivity index is 2.18. The molecular weight excluding hydrogens is 300 g/mol. The van der Waals surface area contributed by atoms with Gasteiger partial charge in [0.1, 0.15) is 0 Å². The zero-order valence-corrected chi connectivity index (χ0v) is 16.0. The molecule has 1 saturated carbocycles. The average molecular weight is 335 g/mol. The van der Waals surface area contributed by atoms with E-state index in [-0.39, 0.29) is 12.6 Å². The van der Waals surface area contributed by atoms with Crippen LogP contribution in [0, 0.1) is 22.7 Å². The molecule has 0 saturated heterocycles. The van der Waals surface area contributed by atoms with E-state index < -0.39 is 0 Å². The predicted octanol–water partition coefficient (Wildman–Crippen LogP) is 4.66. The second kappa shape index (κ2) is 7.43. The molecule has 0 aliphatic heterocycles. The summed E-state index contributed by atoms with van der Waals surface area (Å²) in [4.78, 5) is 11.5. The maximum atomic E-state index is 11.5. The fourth-order valence-electron chi connectivity index (χ4n) is 5.45. The van der Waals surface area contributed by atoms with Crippen LogP contribution in [0.2, 0.25) is 0 Å². The van der Waals surface area contributed by atoms with Gasteiger partial charge in [-0.1, -0.05) is 38.8 Å². The van der Waals surface area contributed by atoms with Gasteiger partial charge in [-0.15, -0.1) is 0 Å². The van der Waals surface area contributed by atoms with E-state index in [9.17, 15) is 9.90 Å². The van der Waals surface area contributed by atoms with E-state index in [0.717, 1.165) is 24.3 Å². The first-order chi connectivity index (χ1) is 11.2. The fraction of sp³-hybridized carbons (Fsp3) is 0.762. The molecule has 3 heteroatoms. The van der Waals surface area contributed by atoms with Gasteiger partial charge < -0.3 is 9.84 Å². The van der Waals surface area contributed by atoms with E-state index in [1.807, 2.05) is 0 Å². The number of fused-ring (bicyclic) bond motifs is 1. The molecule has 1 fully saturated rings. The number of carbonyl (C=O) groups excluding carboxylic acids is 1. The summed E-state index contributed by atoms with van der Waals surface area (Å²) in [6.07, 6.45) is 10.7. The Hall–Kier alpha value is -1.09. The molecule has 3 nitrogen and oxygen atoms in total. The summed E-state index contributed by atoms with van der Waals surface area (Å²) in [6, 6.07) is 0. The molecule has 24 heavy (non-hydrogen) atoms. The van der Waals surface area contributed by atoms with E-state index in [1.165, 1.54) is 44.4 Å². The van der Waals surface area contributed by atoms with Crippen molar-refractivity contribution in [3.8, 4) is 0 Å². The summed E-state index contributed by atoms with van der Waals surface area (Å²) < 4.78 is 4.69. The summed E-state index contributed by atoms with van der Waals surface area (Å²) >= 11 is 0. The van der Waals surface area contributed by atoms with Crippen molar-refractivity contribution in [2.24, 2.45) is 22.7 Å². The van der Waals surface area contributed by atoms with E-state index in [0.29, 0.717) is 16.7 Å². The molecule has 0 amide bonds. The highest BCUT2D eigenvalue weighted by Gasteiger charge is 2.51. The van der Waals surface area contributed by atoms with Gasteiger partial charge in [-0.25, -0.2) is 4.79 Å². The predicted molar refractivity (Wildman–Crippen MR) is 97.5 cm³/mol. The van der Waals surface area contributed by atoms with Gasteiger partial charge in [-0.05, 0) is 67.3 Å². The van der Waals surface area contributed by atoms with Crippen LogP contribution in [0.25, 0.3) is 0 Å². The number of carbonyl (C=O) groups is 1. The number of methoxy groups -OCH3 is 1. The highest BCUT2D eigenvalue weighted by molar-refractivity contribution is 5.82. The second-order valence-corrected chi connectivity index (χ2v) is 8.66. The highest BCUT2D eigenvalue weighted by atomic mass is 16.5. The summed E-state index contributed by atoms with van der Waals surface area (Å²) in [5.74, 6) is 0.871. The Kier molecular flexibility index (Phi) is 5.95. The minimum absolute atomic E-state index is 0.0732. The molecule has 0 unspecified atom stereocenters. The van der Waals surface area contributed by atoms with Crippen LogP contribution in [0.5, 0.6) is 0 Å². The molecular formula is C21H34O3. The Morgan fingerprint density at radius 3 is 2.71 bits per heavy atom. The summed E-state index contributed by atoms with van der Waals surface area (Å²) in [5, 5.41) is 9.55. The zero-order chi connectivity index (χ0) is 18.0. The molecule has 2 rings (SSSR count). The maximum absolute atomic E-state index is 11.5. The van der Waals surface area contributed by atoms with Gasteiger partial charge in [0.25, 0.3) is 0 Å². The fourth-order valence-corrected chi connectivity index (χ4v) is 5.45. The largest absolute Gasteiger partial charge is 0.466 e. The average Bonchev–Trinajstić information content (AvgIpc) is 2.51. The lowest BCUT2D eigenvalue weighted by Crippen LogP contribution is -2.48. The van der Waals surface area contributed by atoms with Crippen molar-refractivity contribution in [2.75, 3.05) is 13.7 Å². The van der Waals surface area contributed by atoms with Crippen LogP contribution < -0.4 is 0 Å². The molecule has 3 atom stereocenters. The van der Waals surface area contributed by atoms with Gasteiger partial charge >= 0.3 is 5.97 Å². The third-order valence-corrected chi connectivity index (χ3v) is 6.78. The molecule has 0 radical (unpaired) electrons. The lowest BCUT2D eigenvalue weighted by atomic mass is 9.48. The van der Waals surface area contributed by atoms with Gasteiger partial charge in [0.15, 0.2) is 0 Å². The van der Waals surface area contributed by atoms with Gasteiger partial charge in [0.05, 0.1) is 13.7 Å². The van der Waals surface area contributed by atoms with E-state index >= 15 is 0 Å². The second-order valence-electron chi connectivity index (χ2n) is 8.66. The number of aliphatic hydroxyl groups excluding tert-OH is 1. The van der Waals surface area contributed by atoms with Crippen LogP contribution >= 0.6 is 0 Å². The van der Waals surface area contributed by atoms with Crippen LogP contribution in [-0.2, 0) is 9.53 Å². The number of esters is 1. The van der Waals surface area contributed by atoms with Crippen molar-refractivity contribution in [1.29, 1.82) is 0 Å². The molecule has 0 aromatic heterocycles. The smallest absolute Gasteiger partial charge is 0.330 e. The molecule has 1 N–H and O–H groups in total. The topological polar surface area (TPSA) is 46.5 Å². The minimum Gasteiger partial charge on any atom is -0.466 e. The van der Waals surface area contributed by atoms with Crippen molar-refractivity contribution in [1.82, 2.24) is 0 Å². The molecule has 136 valence electrons. The molecule has 2 aliphatic carbocycles. The lowest BCUT2D eigenvalue weighted by Gasteiger charge is -2.57. The number of allylic oxidation sites excluding steroid dienone is 2. The SMILES string of the molecule is COC(=O)/C=C(/CO)CC[C@@H]1C(C)=CC[C@@H]2C(C)(C)CCC[C@@]12C. The Bertz CT molecular complexity index is 529. The monoisotopic (exact) mass is 334 g/mol. The maximum Gasteiger partial charge on any atom is 0.330 e. The number of hydrogen-bond donors (Lipinski definition) is 1. The molecule has 0 bridgehead atoms. The third-order valence-electron chi connectivity index (χ3n) is 6.78. The molecule has 2 aliphatic rings. The quantitative estimate of drug-likeness (QED) is 0.452. The van der Waals surface area contributed by atoms with Crippen molar-refractivity contribution in [2.45, 2.75) is 66.2 Å². The van der Waals surface area contributed by atoms with Crippen molar-refractivity contribution in [3.63, 3.8) is 0 Å². The van der Waals surface area contributed by atoms with Crippen molar-refractivity contribution >= 4 is 5.97 Å². The molecule has 0 heterocycles. The Labute approximate surface area is 147 Å². The van der Waals surface area contributed by atoms with Gasteiger partial charge in [0, 0.05) is 6.08 Å². The van der Waals surface area contributed by atoms with E-state index in [4.69, 9.17) is 4.74 Å². The van der Waals surface area contributed by atoms with Gasteiger partial charge in [-0.2, -0.15) is 0 Å². The first-order valence-corrected chi connectivity index (χ1v) is 9.29. The number of hydrogen-bond acceptors (Lipinski definition) is 3. The first kappa shape index (κ1) is 19.2. The Morgan fingerprint density at radius 1 is 1.38 bits per heavy atom. The van der Waals surface area contributed by atoms with Crippen LogP contribution in [0.1, 0.15) is 66.2 Å². The van der Waals surface area contributed by atoms with E-state index in [1.54, 1.807) is 0 Å². The number of ether oxygens (including phenoxy) is 1.